The van der Waals surface area contributed by atoms with Gasteiger partial charge in [0.1, 0.15) is 0 Å². The lowest BCUT2D eigenvalue weighted by atomic mass is 10.1. The monoisotopic (exact) mass is 340 g/mol. The summed E-state index contributed by atoms with van der Waals surface area (Å²) < 4.78 is 63.5. The Morgan fingerprint density at radius 3 is 1.27 bits per heavy atom. The Balaban J connectivity index is 0.000000303. The average molecular weight is 340 g/mol. The van der Waals surface area contributed by atoms with Crippen molar-refractivity contribution >= 4 is 11.9 Å². The van der Waals surface area contributed by atoms with E-state index in [0.29, 0.717) is 0 Å². The minimum atomic E-state index is -5.08. The largest absolute Gasteiger partial charge is 0.490 e. The zero-order valence-electron chi connectivity index (χ0n) is 11.0. The van der Waals surface area contributed by atoms with Gasteiger partial charge in [-0.25, -0.2) is 9.59 Å². The van der Waals surface area contributed by atoms with Gasteiger partial charge in [0.05, 0.1) is 0 Å². The maximum atomic E-state index is 10.6. The van der Waals surface area contributed by atoms with Gasteiger partial charge in [-0.05, 0) is 19.5 Å². The molecule has 0 spiro atoms. The second-order valence-electron chi connectivity index (χ2n) is 4.31. The number of likely N-dealkylation sites (tertiary alicyclic amines) is 1. The van der Waals surface area contributed by atoms with Crippen molar-refractivity contribution in [2.45, 2.75) is 24.8 Å². The molecular formula is C10H14F6N2O4. The quantitative estimate of drug-likeness (QED) is 0.616. The maximum absolute atomic E-state index is 10.6. The van der Waals surface area contributed by atoms with Crippen molar-refractivity contribution < 1.29 is 46.1 Å². The van der Waals surface area contributed by atoms with Gasteiger partial charge in [-0.3, -0.25) is 4.90 Å². The van der Waals surface area contributed by atoms with E-state index in [9.17, 15) is 26.3 Å². The first kappa shape index (κ1) is 20.4. The minimum Gasteiger partial charge on any atom is -0.475 e. The standard InChI is InChI=1S/C6H12N2.2C2HF3O2/c1-2-8(3-1)6-4-7-5-6;2*3-2(4,5)1(6)7/h6-7H,1-5H2;2*(H,6,7). The van der Waals surface area contributed by atoms with Gasteiger partial charge < -0.3 is 15.5 Å². The lowest BCUT2D eigenvalue weighted by Crippen LogP contribution is -2.60. The zero-order valence-corrected chi connectivity index (χ0v) is 11.0. The van der Waals surface area contributed by atoms with Crippen LogP contribution in [-0.4, -0.2) is 71.6 Å². The van der Waals surface area contributed by atoms with Crippen LogP contribution < -0.4 is 5.32 Å². The number of carboxylic acid groups (broad SMARTS) is 2. The van der Waals surface area contributed by atoms with Crippen molar-refractivity contribution in [3.8, 4) is 0 Å². The smallest absolute Gasteiger partial charge is 0.475 e. The maximum Gasteiger partial charge on any atom is 0.490 e. The van der Waals surface area contributed by atoms with Crippen LogP contribution in [0.2, 0.25) is 0 Å². The molecule has 0 atom stereocenters. The summed E-state index contributed by atoms with van der Waals surface area (Å²) in [6.45, 7) is 5.18. The highest BCUT2D eigenvalue weighted by Gasteiger charge is 2.38. The van der Waals surface area contributed by atoms with Gasteiger partial charge >= 0.3 is 24.3 Å². The molecule has 3 N–H and O–H groups in total. The summed E-state index contributed by atoms with van der Waals surface area (Å²) in [7, 11) is 0. The Morgan fingerprint density at radius 2 is 1.23 bits per heavy atom. The lowest BCUT2D eigenvalue weighted by molar-refractivity contribution is -0.193. The van der Waals surface area contributed by atoms with Crippen molar-refractivity contribution in [2.24, 2.45) is 0 Å². The number of alkyl halides is 6. The molecule has 2 aliphatic heterocycles. The highest BCUT2D eigenvalue weighted by atomic mass is 19.4. The fourth-order valence-corrected chi connectivity index (χ4v) is 1.24. The molecule has 2 heterocycles. The van der Waals surface area contributed by atoms with E-state index in [1.165, 1.54) is 32.6 Å². The van der Waals surface area contributed by atoms with Gasteiger partial charge in [-0.2, -0.15) is 26.3 Å². The molecule has 2 fully saturated rings. The zero-order chi connectivity index (χ0) is 17.6. The minimum absolute atomic E-state index is 0.906. The van der Waals surface area contributed by atoms with E-state index in [-0.39, 0.29) is 0 Å². The molecule has 22 heavy (non-hydrogen) atoms. The second-order valence-corrected chi connectivity index (χ2v) is 4.31. The third kappa shape index (κ3) is 8.02. The molecule has 2 aliphatic rings. The van der Waals surface area contributed by atoms with Gasteiger partial charge in [0.25, 0.3) is 0 Å². The Bertz CT molecular complexity index is 341. The Kier molecular flexibility index (Phi) is 7.59. The number of halogens is 6. The van der Waals surface area contributed by atoms with Gasteiger partial charge in [-0.1, -0.05) is 0 Å². The molecular weight excluding hydrogens is 326 g/mol. The molecule has 0 saturated carbocycles. The SMILES string of the molecule is C1CN(C2CNC2)C1.O=C(O)C(F)(F)F.O=C(O)C(F)(F)F. The van der Waals surface area contributed by atoms with Crippen LogP contribution in [0, 0.1) is 0 Å². The van der Waals surface area contributed by atoms with E-state index in [4.69, 9.17) is 19.8 Å². The van der Waals surface area contributed by atoms with Crippen LogP contribution in [0.5, 0.6) is 0 Å². The number of nitrogens with one attached hydrogen (secondary N) is 1. The summed E-state index contributed by atoms with van der Waals surface area (Å²) in [5.74, 6) is -5.51. The number of nitrogens with zero attached hydrogens (tertiary/aromatic N) is 1. The number of carbonyl (C=O) groups is 2. The number of hydrogen-bond donors (Lipinski definition) is 3. The highest BCUT2D eigenvalue weighted by Crippen LogP contribution is 2.14. The highest BCUT2D eigenvalue weighted by molar-refractivity contribution is 5.73. The third-order valence-electron chi connectivity index (χ3n) is 2.65. The van der Waals surface area contributed by atoms with Crippen LogP contribution >= 0.6 is 0 Å². The molecule has 0 bridgehead atoms. The molecule has 0 aromatic rings. The Morgan fingerprint density at radius 1 is 0.909 bits per heavy atom. The average Bonchev–Trinajstić information content (AvgIpc) is 2.19. The summed E-state index contributed by atoms with van der Waals surface area (Å²) in [5, 5.41) is 17.5. The van der Waals surface area contributed by atoms with E-state index in [1.807, 2.05) is 0 Å². The molecule has 6 nitrogen and oxygen atoms in total. The summed E-state index contributed by atoms with van der Waals surface area (Å²) in [4.78, 5) is 20.3. The van der Waals surface area contributed by atoms with Gasteiger partial charge in [0, 0.05) is 19.1 Å². The summed E-state index contributed by atoms with van der Waals surface area (Å²) in [6, 6.07) is 0.906. The Hall–Kier alpha value is -1.56. The van der Waals surface area contributed by atoms with Crippen LogP contribution in [0.15, 0.2) is 0 Å². The van der Waals surface area contributed by atoms with Crippen LogP contribution in [0.25, 0.3) is 0 Å². The van der Waals surface area contributed by atoms with E-state index in [0.717, 1.165) is 6.04 Å². The van der Waals surface area contributed by atoms with E-state index in [1.54, 1.807) is 0 Å². The summed E-state index contributed by atoms with van der Waals surface area (Å²) in [6.07, 6.45) is -8.74. The first-order chi connectivity index (χ1) is 9.85. The van der Waals surface area contributed by atoms with Crippen molar-refractivity contribution in [2.75, 3.05) is 26.2 Å². The third-order valence-corrected chi connectivity index (χ3v) is 2.65. The summed E-state index contributed by atoms with van der Waals surface area (Å²) >= 11 is 0. The first-order valence-electron chi connectivity index (χ1n) is 5.90. The molecule has 2 saturated heterocycles. The number of carboxylic acids is 2. The van der Waals surface area contributed by atoms with Crippen LogP contribution in [0.3, 0.4) is 0 Å². The summed E-state index contributed by atoms with van der Waals surface area (Å²) in [5.41, 5.74) is 0. The van der Waals surface area contributed by atoms with Crippen molar-refractivity contribution in [3.05, 3.63) is 0 Å². The van der Waals surface area contributed by atoms with Crippen LogP contribution in [0.4, 0.5) is 26.3 Å². The molecule has 2 rings (SSSR count). The predicted molar refractivity (Wildman–Crippen MR) is 60.2 cm³/mol. The Labute approximate surface area is 120 Å². The molecule has 0 aromatic heterocycles. The molecule has 130 valence electrons. The van der Waals surface area contributed by atoms with Gasteiger partial charge in [0.2, 0.25) is 0 Å². The number of hydrogen-bond acceptors (Lipinski definition) is 4. The fourth-order valence-electron chi connectivity index (χ4n) is 1.24. The molecule has 0 radical (unpaired) electrons. The lowest BCUT2D eigenvalue weighted by Gasteiger charge is -2.43. The van der Waals surface area contributed by atoms with Crippen LogP contribution in [-0.2, 0) is 9.59 Å². The topological polar surface area (TPSA) is 89.9 Å². The van der Waals surface area contributed by atoms with Crippen molar-refractivity contribution in [3.63, 3.8) is 0 Å². The molecule has 0 amide bonds. The van der Waals surface area contributed by atoms with Gasteiger partial charge in [0.15, 0.2) is 0 Å². The number of rotatable bonds is 1. The molecule has 0 aromatic carbocycles. The second kappa shape index (κ2) is 8.17. The van der Waals surface area contributed by atoms with E-state index in [2.05, 4.69) is 10.2 Å². The van der Waals surface area contributed by atoms with Gasteiger partial charge in [-0.15, -0.1) is 0 Å². The van der Waals surface area contributed by atoms with E-state index < -0.39 is 24.3 Å². The normalized spacial score (nSPS) is 18.6. The first-order valence-corrected chi connectivity index (χ1v) is 5.90. The van der Waals surface area contributed by atoms with Crippen LogP contribution in [0.1, 0.15) is 6.42 Å². The molecule has 0 aliphatic carbocycles. The predicted octanol–water partition coefficient (Wildman–Crippen LogP) is 0.930. The molecule has 0 unspecified atom stereocenters. The van der Waals surface area contributed by atoms with Crippen molar-refractivity contribution in [1.82, 2.24) is 10.2 Å². The van der Waals surface area contributed by atoms with E-state index >= 15 is 0 Å². The fraction of sp³-hybridized carbons (Fsp3) is 0.800. The van der Waals surface area contributed by atoms with Crippen molar-refractivity contribution in [1.29, 1.82) is 0 Å². The number of aliphatic carboxylic acids is 2. The molecule has 12 heteroatoms.